The number of nitrogens with zero attached hydrogens (tertiary/aromatic N) is 3. The summed E-state index contributed by atoms with van der Waals surface area (Å²) < 4.78 is 0. The van der Waals surface area contributed by atoms with Crippen molar-refractivity contribution in [1.29, 1.82) is 0 Å². The molecule has 0 aromatic heterocycles. The first kappa shape index (κ1) is 15.4. The molecule has 3 saturated carbocycles. The first-order chi connectivity index (χ1) is 10.4. The van der Waals surface area contributed by atoms with Crippen LogP contribution in [0.1, 0.15) is 47.0 Å². The molecule has 0 radical (unpaired) electrons. The van der Waals surface area contributed by atoms with Gasteiger partial charge in [0.2, 0.25) is 0 Å². The average Bonchev–Trinajstić information content (AvgIpc) is 2.30. The molecule has 0 atom stereocenters. The Morgan fingerprint density at radius 3 is 2.00 bits per heavy atom. The van der Waals surface area contributed by atoms with Gasteiger partial charge in [0.25, 0.3) is 0 Å². The van der Waals surface area contributed by atoms with Gasteiger partial charge in [-0.25, -0.2) is 0 Å². The molecule has 2 saturated heterocycles. The van der Waals surface area contributed by atoms with Gasteiger partial charge in [0.1, 0.15) is 0 Å². The lowest BCUT2D eigenvalue weighted by atomic mass is 9.35. The predicted octanol–water partition coefficient (Wildman–Crippen LogP) is 2.52. The number of hydrogen-bond acceptors (Lipinski definition) is 3. The smallest absolute Gasteiger partial charge is 0.0226 e. The Morgan fingerprint density at radius 2 is 1.50 bits per heavy atom. The Labute approximate surface area is 137 Å². The van der Waals surface area contributed by atoms with Gasteiger partial charge >= 0.3 is 0 Å². The van der Waals surface area contributed by atoms with Crippen molar-refractivity contribution in [2.24, 2.45) is 17.3 Å². The lowest BCUT2D eigenvalue weighted by Gasteiger charge is -2.76. The molecule has 3 heteroatoms. The van der Waals surface area contributed by atoms with E-state index in [1.54, 1.807) is 0 Å². The fraction of sp³-hybridized carbons (Fsp3) is 1.00. The van der Waals surface area contributed by atoms with Gasteiger partial charge in [0, 0.05) is 57.4 Å². The van der Waals surface area contributed by atoms with Crippen LogP contribution in [0.3, 0.4) is 0 Å². The highest BCUT2D eigenvalue weighted by Gasteiger charge is 2.70. The lowest BCUT2D eigenvalue weighted by Crippen LogP contribution is -2.77. The van der Waals surface area contributed by atoms with Crippen molar-refractivity contribution in [3.63, 3.8) is 0 Å². The summed E-state index contributed by atoms with van der Waals surface area (Å²) in [4.78, 5) is 8.20. The summed E-state index contributed by atoms with van der Waals surface area (Å²) in [5.74, 6) is 1.84. The van der Waals surface area contributed by atoms with E-state index in [0.717, 1.165) is 23.3 Å². The quantitative estimate of drug-likeness (QED) is 0.773. The molecule has 2 aliphatic heterocycles. The van der Waals surface area contributed by atoms with Crippen molar-refractivity contribution < 1.29 is 0 Å². The van der Waals surface area contributed by atoms with E-state index in [1.807, 2.05) is 0 Å². The maximum absolute atomic E-state index is 2.86. The van der Waals surface area contributed by atoms with Gasteiger partial charge in [-0.05, 0) is 50.4 Å². The van der Waals surface area contributed by atoms with Crippen LogP contribution in [0.4, 0.5) is 0 Å². The van der Waals surface area contributed by atoms with Gasteiger partial charge < -0.3 is 9.80 Å². The summed E-state index contributed by atoms with van der Waals surface area (Å²) in [6.07, 6.45) is 4.51. The minimum atomic E-state index is 0.654. The van der Waals surface area contributed by atoms with Crippen LogP contribution in [0, 0.1) is 17.3 Å². The van der Waals surface area contributed by atoms with Gasteiger partial charge in [-0.1, -0.05) is 13.8 Å². The van der Waals surface area contributed by atoms with Crippen LogP contribution >= 0.6 is 0 Å². The second-order valence-electron chi connectivity index (χ2n) is 9.47. The molecule has 0 aromatic rings. The summed E-state index contributed by atoms with van der Waals surface area (Å²) >= 11 is 0. The zero-order valence-electron chi connectivity index (χ0n) is 15.1. The molecule has 3 nitrogen and oxygen atoms in total. The summed E-state index contributed by atoms with van der Waals surface area (Å²) in [7, 11) is 0. The van der Waals surface area contributed by atoms with Crippen LogP contribution in [0.5, 0.6) is 0 Å². The summed E-state index contributed by atoms with van der Waals surface area (Å²) in [6.45, 7) is 18.8. The Bertz CT molecular complexity index is 397. The van der Waals surface area contributed by atoms with Gasteiger partial charge in [0.05, 0.1) is 0 Å². The van der Waals surface area contributed by atoms with Crippen molar-refractivity contribution in [3.8, 4) is 0 Å². The van der Waals surface area contributed by atoms with E-state index in [4.69, 9.17) is 0 Å². The summed E-state index contributed by atoms with van der Waals surface area (Å²) in [6, 6.07) is 0.741. The van der Waals surface area contributed by atoms with Crippen molar-refractivity contribution in [1.82, 2.24) is 14.7 Å². The third-order valence-corrected chi connectivity index (χ3v) is 7.54. The van der Waals surface area contributed by atoms with Crippen LogP contribution in [-0.4, -0.2) is 72.1 Å². The molecule has 2 heterocycles. The second-order valence-corrected chi connectivity index (χ2v) is 9.47. The minimum absolute atomic E-state index is 0.654. The molecule has 5 aliphatic rings. The topological polar surface area (TPSA) is 9.72 Å². The van der Waals surface area contributed by atoms with E-state index in [2.05, 4.69) is 42.4 Å². The van der Waals surface area contributed by atoms with Gasteiger partial charge in [-0.15, -0.1) is 0 Å². The van der Waals surface area contributed by atoms with E-state index in [9.17, 15) is 0 Å². The SMILES string of the molecule is CC(C)N1CC(CN2CCN(C34CC(C(C)C)(C3)C4)CC2)C1. The van der Waals surface area contributed by atoms with E-state index < -0.39 is 0 Å². The molecule has 0 amide bonds. The third kappa shape index (κ3) is 2.27. The van der Waals surface area contributed by atoms with Gasteiger partial charge in [-0.3, -0.25) is 4.90 Å². The maximum Gasteiger partial charge on any atom is 0.0226 e. The van der Waals surface area contributed by atoms with E-state index >= 15 is 0 Å². The molecule has 2 bridgehead atoms. The molecule has 22 heavy (non-hydrogen) atoms. The predicted molar refractivity (Wildman–Crippen MR) is 92.1 cm³/mol. The first-order valence-corrected chi connectivity index (χ1v) is 9.64. The summed E-state index contributed by atoms with van der Waals surface area (Å²) in [5, 5.41) is 0. The highest BCUT2D eigenvalue weighted by atomic mass is 15.3. The highest BCUT2D eigenvalue weighted by Crippen LogP contribution is 2.72. The van der Waals surface area contributed by atoms with Crippen LogP contribution in [-0.2, 0) is 0 Å². The molecule has 3 aliphatic carbocycles. The lowest BCUT2D eigenvalue weighted by molar-refractivity contribution is -0.247. The maximum atomic E-state index is 2.86. The second kappa shape index (κ2) is 5.19. The van der Waals surface area contributed by atoms with Crippen molar-refractivity contribution >= 4 is 0 Å². The van der Waals surface area contributed by atoms with Crippen molar-refractivity contribution in [2.45, 2.75) is 58.5 Å². The Hall–Kier alpha value is -0.120. The highest BCUT2D eigenvalue weighted by molar-refractivity contribution is 5.24. The molecule has 126 valence electrons. The largest absolute Gasteiger partial charge is 0.300 e. The van der Waals surface area contributed by atoms with Crippen LogP contribution in [0.25, 0.3) is 0 Å². The fourth-order valence-corrected chi connectivity index (χ4v) is 5.68. The molecule has 0 N–H and O–H groups in total. The molecular formula is C19H35N3. The molecule has 0 spiro atoms. The van der Waals surface area contributed by atoms with Crippen LogP contribution < -0.4 is 0 Å². The molecular weight excluding hydrogens is 270 g/mol. The monoisotopic (exact) mass is 305 g/mol. The Morgan fingerprint density at radius 1 is 0.909 bits per heavy atom. The molecule has 5 rings (SSSR count). The van der Waals surface area contributed by atoms with Crippen molar-refractivity contribution in [3.05, 3.63) is 0 Å². The van der Waals surface area contributed by atoms with Crippen LogP contribution in [0.15, 0.2) is 0 Å². The average molecular weight is 306 g/mol. The Balaban J connectivity index is 1.19. The van der Waals surface area contributed by atoms with Crippen LogP contribution in [0.2, 0.25) is 0 Å². The zero-order chi connectivity index (χ0) is 15.5. The van der Waals surface area contributed by atoms with Gasteiger partial charge in [-0.2, -0.15) is 0 Å². The Kier molecular flexibility index (Phi) is 3.63. The van der Waals surface area contributed by atoms with E-state index in [1.165, 1.54) is 65.1 Å². The minimum Gasteiger partial charge on any atom is -0.300 e. The van der Waals surface area contributed by atoms with E-state index in [0.29, 0.717) is 5.54 Å². The first-order valence-electron chi connectivity index (χ1n) is 9.64. The molecule has 0 unspecified atom stereocenters. The number of rotatable bonds is 5. The zero-order valence-corrected chi connectivity index (χ0v) is 15.1. The van der Waals surface area contributed by atoms with Crippen molar-refractivity contribution in [2.75, 3.05) is 45.8 Å². The number of hydrogen-bond donors (Lipinski definition) is 0. The summed E-state index contributed by atoms with van der Waals surface area (Å²) in [5.41, 5.74) is 1.41. The van der Waals surface area contributed by atoms with E-state index in [-0.39, 0.29) is 0 Å². The van der Waals surface area contributed by atoms with Gasteiger partial charge in [0.15, 0.2) is 0 Å². The number of likely N-dealkylation sites (tertiary alicyclic amines) is 1. The fourth-order valence-electron chi connectivity index (χ4n) is 5.68. The normalized spacial score (nSPS) is 40.6. The molecule has 0 aromatic carbocycles. The number of piperazine rings is 1. The standard InChI is InChI=1S/C19H35N3/c1-15(2)18-12-19(13-18,14-18)22-7-5-20(6-8-22)9-17-10-21(11-17)16(3)4/h15-17H,5-14H2,1-4H3. The molecule has 5 fully saturated rings. The third-order valence-electron chi connectivity index (χ3n) is 7.54.